The standard InChI is InChI=1S/C10H9NS2/c1-12-9-4-2-8(3-5-9)10-6-11-7-13-10/h2-7H,1H3. The molecule has 66 valence electrons. The quantitative estimate of drug-likeness (QED) is 0.699. The maximum atomic E-state index is 4.05. The summed E-state index contributed by atoms with van der Waals surface area (Å²) in [6.07, 6.45) is 3.99. The van der Waals surface area contributed by atoms with Gasteiger partial charge in [-0.05, 0) is 24.0 Å². The Hall–Kier alpha value is -0.800. The molecule has 0 N–H and O–H groups in total. The molecule has 0 unspecified atom stereocenters. The van der Waals surface area contributed by atoms with Crippen LogP contribution in [0.3, 0.4) is 0 Å². The summed E-state index contributed by atoms with van der Waals surface area (Å²) in [7, 11) is 0. The number of nitrogens with zero attached hydrogens (tertiary/aromatic N) is 1. The molecule has 0 saturated heterocycles. The van der Waals surface area contributed by atoms with Crippen LogP contribution in [0.5, 0.6) is 0 Å². The van der Waals surface area contributed by atoms with E-state index in [0.29, 0.717) is 0 Å². The van der Waals surface area contributed by atoms with Gasteiger partial charge in [0.2, 0.25) is 0 Å². The molecule has 13 heavy (non-hydrogen) atoms. The maximum absolute atomic E-state index is 4.05. The zero-order chi connectivity index (χ0) is 9.10. The van der Waals surface area contributed by atoms with E-state index in [-0.39, 0.29) is 0 Å². The van der Waals surface area contributed by atoms with Crippen molar-refractivity contribution in [1.29, 1.82) is 0 Å². The molecule has 0 aliphatic carbocycles. The molecule has 0 spiro atoms. The number of hydrogen-bond donors (Lipinski definition) is 0. The Bertz CT molecular complexity index is 364. The lowest BCUT2D eigenvalue weighted by Gasteiger charge is -1.98. The van der Waals surface area contributed by atoms with Crippen LogP contribution in [0.1, 0.15) is 0 Å². The van der Waals surface area contributed by atoms with E-state index >= 15 is 0 Å². The lowest BCUT2D eigenvalue weighted by atomic mass is 10.2. The van der Waals surface area contributed by atoms with Crippen molar-refractivity contribution in [1.82, 2.24) is 4.98 Å². The zero-order valence-corrected chi connectivity index (χ0v) is 8.86. The van der Waals surface area contributed by atoms with Crippen LogP contribution in [-0.4, -0.2) is 11.2 Å². The van der Waals surface area contributed by atoms with Crippen molar-refractivity contribution >= 4 is 23.1 Å². The highest BCUT2D eigenvalue weighted by atomic mass is 32.2. The summed E-state index contributed by atoms with van der Waals surface area (Å²) in [6, 6.07) is 8.55. The Balaban J connectivity index is 2.33. The highest BCUT2D eigenvalue weighted by Crippen LogP contribution is 2.25. The Morgan fingerprint density at radius 1 is 1.23 bits per heavy atom. The van der Waals surface area contributed by atoms with Crippen molar-refractivity contribution in [2.45, 2.75) is 4.90 Å². The first-order valence-corrected chi connectivity index (χ1v) is 6.03. The van der Waals surface area contributed by atoms with Crippen LogP contribution in [0.2, 0.25) is 0 Å². The van der Waals surface area contributed by atoms with Gasteiger partial charge < -0.3 is 0 Å². The number of thioether (sulfide) groups is 1. The molecule has 0 amide bonds. The van der Waals surface area contributed by atoms with Crippen molar-refractivity contribution in [2.75, 3.05) is 6.26 Å². The summed E-state index contributed by atoms with van der Waals surface area (Å²) >= 11 is 3.43. The highest BCUT2D eigenvalue weighted by Gasteiger charge is 1.98. The molecular formula is C10H9NS2. The second-order valence-electron chi connectivity index (χ2n) is 2.59. The first-order chi connectivity index (χ1) is 6.40. The molecule has 0 atom stereocenters. The first kappa shape index (κ1) is 8.78. The predicted molar refractivity (Wildman–Crippen MR) is 59.3 cm³/mol. The Morgan fingerprint density at radius 3 is 2.54 bits per heavy atom. The third-order valence-corrected chi connectivity index (χ3v) is 3.37. The van der Waals surface area contributed by atoms with E-state index in [1.165, 1.54) is 15.3 Å². The smallest absolute Gasteiger partial charge is 0.0797 e. The van der Waals surface area contributed by atoms with Gasteiger partial charge in [0.05, 0.1) is 10.4 Å². The van der Waals surface area contributed by atoms with Gasteiger partial charge >= 0.3 is 0 Å². The maximum Gasteiger partial charge on any atom is 0.0797 e. The summed E-state index contributed by atoms with van der Waals surface area (Å²) < 4.78 is 0. The topological polar surface area (TPSA) is 12.9 Å². The van der Waals surface area contributed by atoms with E-state index in [4.69, 9.17) is 0 Å². The van der Waals surface area contributed by atoms with E-state index in [1.54, 1.807) is 23.1 Å². The summed E-state index contributed by atoms with van der Waals surface area (Å²) in [5.41, 5.74) is 3.11. The SMILES string of the molecule is CSc1ccc(-c2cncs2)cc1. The predicted octanol–water partition coefficient (Wildman–Crippen LogP) is 3.53. The van der Waals surface area contributed by atoms with E-state index in [9.17, 15) is 0 Å². The fraction of sp³-hybridized carbons (Fsp3) is 0.100. The average Bonchev–Trinajstić information content (AvgIpc) is 2.71. The third-order valence-electron chi connectivity index (χ3n) is 1.81. The molecule has 3 heteroatoms. The van der Waals surface area contributed by atoms with Crippen molar-refractivity contribution in [3.05, 3.63) is 36.0 Å². The minimum Gasteiger partial charge on any atom is -0.252 e. The van der Waals surface area contributed by atoms with Gasteiger partial charge in [0.25, 0.3) is 0 Å². The number of aromatic nitrogens is 1. The number of rotatable bonds is 2. The monoisotopic (exact) mass is 207 g/mol. The molecule has 0 aliphatic rings. The van der Waals surface area contributed by atoms with E-state index in [0.717, 1.165) is 0 Å². The number of benzene rings is 1. The van der Waals surface area contributed by atoms with Crippen LogP contribution in [0, 0.1) is 0 Å². The minimum absolute atomic E-state index is 1.23. The molecule has 1 aromatic heterocycles. The van der Waals surface area contributed by atoms with Gasteiger partial charge in [0.15, 0.2) is 0 Å². The van der Waals surface area contributed by atoms with E-state index in [1.807, 2.05) is 11.7 Å². The molecule has 0 fully saturated rings. The van der Waals surface area contributed by atoms with Crippen molar-refractivity contribution in [3.63, 3.8) is 0 Å². The summed E-state index contributed by atoms with van der Waals surface area (Å²) in [6.45, 7) is 0. The van der Waals surface area contributed by atoms with Crippen molar-refractivity contribution in [2.24, 2.45) is 0 Å². The summed E-state index contributed by atoms with van der Waals surface area (Å²) in [4.78, 5) is 6.58. The van der Waals surface area contributed by atoms with Crippen LogP contribution in [-0.2, 0) is 0 Å². The van der Waals surface area contributed by atoms with Gasteiger partial charge in [-0.2, -0.15) is 0 Å². The lowest BCUT2D eigenvalue weighted by Crippen LogP contribution is -1.72. The first-order valence-electron chi connectivity index (χ1n) is 3.93. The molecule has 0 bridgehead atoms. The van der Waals surface area contributed by atoms with Gasteiger partial charge in [-0.25, -0.2) is 0 Å². The zero-order valence-electron chi connectivity index (χ0n) is 7.23. The second kappa shape index (κ2) is 3.94. The Labute approximate surface area is 85.8 Å². The molecule has 1 heterocycles. The van der Waals surface area contributed by atoms with Crippen LogP contribution in [0.25, 0.3) is 10.4 Å². The highest BCUT2D eigenvalue weighted by molar-refractivity contribution is 7.98. The minimum atomic E-state index is 1.23. The van der Waals surface area contributed by atoms with Crippen LogP contribution < -0.4 is 0 Å². The van der Waals surface area contributed by atoms with Gasteiger partial charge in [-0.1, -0.05) is 12.1 Å². The molecular weight excluding hydrogens is 198 g/mol. The summed E-state index contributed by atoms with van der Waals surface area (Å²) in [5.74, 6) is 0. The fourth-order valence-corrected chi connectivity index (χ4v) is 2.15. The van der Waals surface area contributed by atoms with Gasteiger partial charge in [0, 0.05) is 11.1 Å². The van der Waals surface area contributed by atoms with Crippen LogP contribution >= 0.6 is 23.1 Å². The third kappa shape index (κ3) is 1.92. The van der Waals surface area contributed by atoms with Crippen molar-refractivity contribution < 1.29 is 0 Å². The molecule has 2 aromatic rings. The van der Waals surface area contributed by atoms with E-state index in [2.05, 4.69) is 35.5 Å². The normalized spacial score (nSPS) is 10.2. The van der Waals surface area contributed by atoms with Crippen LogP contribution in [0.15, 0.2) is 40.9 Å². The average molecular weight is 207 g/mol. The number of thiazole rings is 1. The lowest BCUT2D eigenvalue weighted by molar-refractivity contribution is 1.42. The fourth-order valence-electron chi connectivity index (χ4n) is 1.11. The Morgan fingerprint density at radius 2 is 2.00 bits per heavy atom. The van der Waals surface area contributed by atoms with Gasteiger partial charge in [-0.15, -0.1) is 23.1 Å². The molecule has 1 aromatic carbocycles. The largest absolute Gasteiger partial charge is 0.252 e. The second-order valence-corrected chi connectivity index (χ2v) is 4.36. The van der Waals surface area contributed by atoms with Gasteiger partial charge in [-0.3, -0.25) is 4.98 Å². The molecule has 1 nitrogen and oxygen atoms in total. The number of hydrogen-bond acceptors (Lipinski definition) is 3. The Kier molecular flexibility index (Phi) is 2.66. The van der Waals surface area contributed by atoms with E-state index < -0.39 is 0 Å². The molecule has 0 saturated carbocycles. The molecule has 0 radical (unpaired) electrons. The van der Waals surface area contributed by atoms with Gasteiger partial charge in [0.1, 0.15) is 0 Å². The summed E-state index contributed by atoms with van der Waals surface area (Å²) in [5, 5.41) is 0. The van der Waals surface area contributed by atoms with Crippen molar-refractivity contribution in [3.8, 4) is 10.4 Å². The molecule has 2 rings (SSSR count). The van der Waals surface area contributed by atoms with Crippen LogP contribution in [0.4, 0.5) is 0 Å². The molecule has 0 aliphatic heterocycles.